The number of amides is 2. The van der Waals surface area contributed by atoms with E-state index < -0.39 is 0 Å². The molecule has 1 aliphatic rings. The van der Waals surface area contributed by atoms with Crippen LogP contribution in [0.15, 0.2) is 29.2 Å². The van der Waals surface area contributed by atoms with Crippen LogP contribution in [0.5, 0.6) is 0 Å². The quantitative estimate of drug-likeness (QED) is 0.638. The van der Waals surface area contributed by atoms with Crippen LogP contribution in [0.2, 0.25) is 0 Å². The minimum atomic E-state index is -0.0645. The lowest BCUT2D eigenvalue weighted by Crippen LogP contribution is -2.38. The molecule has 4 heteroatoms. The van der Waals surface area contributed by atoms with E-state index in [0.29, 0.717) is 6.04 Å². The van der Waals surface area contributed by atoms with Crippen LogP contribution in [0.4, 0.5) is 10.5 Å². The van der Waals surface area contributed by atoms with Crippen molar-refractivity contribution in [3.63, 3.8) is 0 Å². The van der Waals surface area contributed by atoms with Gasteiger partial charge in [0, 0.05) is 16.6 Å². The first kappa shape index (κ1) is 19.2. The molecule has 2 amide bonds. The van der Waals surface area contributed by atoms with E-state index in [1.54, 1.807) is 11.8 Å². The Hall–Kier alpha value is -1.16. The summed E-state index contributed by atoms with van der Waals surface area (Å²) in [6, 6.07) is 8.25. The number of carbonyl (C=O) groups is 1. The first-order chi connectivity index (χ1) is 11.8. The largest absolute Gasteiger partial charge is 0.335 e. The Morgan fingerprint density at radius 1 is 0.958 bits per heavy atom. The van der Waals surface area contributed by atoms with Gasteiger partial charge in [-0.2, -0.15) is 0 Å². The maximum atomic E-state index is 12.3. The second-order valence-electron chi connectivity index (χ2n) is 6.79. The normalized spacial score (nSPS) is 18.2. The maximum absolute atomic E-state index is 12.3. The molecule has 1 aromatic rings. The molecule has 0 aliphatic heterocycles. The second kappa shape index (κ2) is 11.4. The molecule has 0 saturated heterocycles. The molecule has 1 fully saturated rings. The molecule has 1 aromatic carbocycles. The third kappa shape index (κ3) is 7.61. The molecule has 0 aromatic heterocycles. The average Bonchev–Trinajstić information content (AvgIpc) is 2.57. The average molecular weight is 349 g/mol. The van der Waals surface area contributed by atoms with Crippen molar-refractivity contribution in [3.05, 3.63) is 24.3 Å². The Labute approximate surface area is 151 Å². The van der Waals surface area contributed by atoms with Crippen LogP contribution in [0.25, 0.3) is 0 Å². The smallest absolute Gasteiger partial charge is 0.319 e. The minimum Gasteiger partial charge on any atom is -0.335 e. The molecule has 1 saturated carbocycles. The standard InChI is InChI=1S/C20H32N2OS/c1-24-19-15-11-14-18(16-19)22-20(23)21-17-12-9-7-5-3-2-4-6-8-10-13-17/h11,14-17H,2-10,12-13H2,1H3,(H2,21,22,23). The molecule has 0 atom stereocenters. The first-order valence-corrected chi connectivity index (χ1v) is 10.7. The monoisotopic (exact) mass is 348 g/mol. The van der Waals surface area contributed by atoms with Gasteiger partial charge in [0.25, 0.3) is 0 Å². The predicted molar refractivity (Wildman–Crippen MR) is 105 cm³/mol. The summed E-state index contributed by atoms with van der Waals surface area (Å²) < 4.78 is 0. The minimum absolute atomic E-state index is 0.0645. The van der Waals surface area contributed by atoms with Crippen molar-refractivity contribution >= 4 is 23.5 Å². The van der Waals surface area contributed by atoms with Crippen LogP contribution < -0.4 is 10.6 Å². The van der Waals surface area contributed by atoms with Crippen molar-refractivity contribution < 1.29 is 4.79 Å². The molecule has 134 valence electrons. The molecule has 2 rings (SSSR count). The molecule has 24 heavy (non-hydrogen) atoms. The van der Waals surface area contributed by atoms with E-state index in [9.17, 15) is 4.79 Å². The fourth-order valence-corrected chi connectivity index (χ4v) is 3.82. The maximum Gasteiger partial charge on any atom is 0.319 e. The van der Waals surface area contributed by atoms with Gasteiger partial charge in [-0.25, -0.2) is 4.79 Å². The predicted octanol–water partition coefficient (Wildman–Crippen LogP) is 6.20. The molecule has 0 spiro atoms. The van der Waals surface area contributed by atoms with E-state index >= 15 is 0 Å². The van der Waals surface area contributed by atoms with E-state index in [1.807, 2.05) is 24.5 Å². The second-order valence-corrected chi connectivity index (χ2v) is 7.67. The van der Waals surface area contributed by atoms with Crippen molar-refractivity contribution in [2.24, 2.45) is 0 Å². The van der Waals surface area contributed by atoms with Crippen molar-refractivity contribution in [1.29, 1.82) is 0 Å². The SMILES string of the molecule is CSc1cccc(NC(=O)NC2CCCCCCCCCCC2)c1. The highest BCUT2D eigenvalue weighted by atomic mass is 32.2. The van der Waals surface area contributed by atoms with Gasteiger partial charge in [-0.05, 0) is 37.3 Å². The topological polar surface area (TPSA) is 41.1 Å². The van der Waals surface area contributed by atoms with E-state index in [4.69, 9.17) is 0 Å². The van der Waals surface area contributed by atoms with Gasteiger partial charge in [-0.15, -0.1) is 11.8 Å². The van der Waals surface area contributed by atoms with Crippen molar-refractivity contribution in [2.75, 3.05) is 11.6 Å². The molecule has 2 N–H and O–H groups in total. The Morgan fingerprint density at radius 3 is 2.12 bits per heavy atom. The van der Waals surface area contributed by atoms with Gasteiger partial charge in [0.2, 0.25) is 0 Å². The zero-order valence-corrected chi connectivity index (χ0v) is 15.8. The van der Waals surface area contributed by atoms with Crippen LogP contribution in [0, 0.1) is 0 Å². The number of thioether (sulfide) groups is 1. The summed E-state index contributed by atoms with van der Waals surface area (Å²) in [5.74, 6) is 0. The Balaban J connectivity index is 1.82. The molecule has 0 unspecified atom stereocenters. The zero-order chi connectivity index (χ0) is 17.0. The van der Waals surface area contributed by atoms with Gasteiger partial charge in [-0.3, -0.25) is 0 Å². The highest BCUT2D eigenvalue weighted by Crippen LogP contribution is 2.20. The van der Waals surface area contributed by atoms with Crippen LogP contribution in [0.3, 0.4) is 0 Å². The third-order valence-electron chi connectivity index (χ3n) is 4.77. The van der Waals surface area contributed by atoms with Crippen molar-refractivity contribution in [1.82, 2.24) is 5.32 Å². The summed E-state index contributed by atoms with van der Waals surface area (Å²) in [5, 5.41) is 6.19. The number of hydrogen-bond donors (Lipinski definition) is 2. The van der Waals surface area contributed by atoms with Crippen molar-refractivity contribution in [3.8, 4) is 0 Å². The third-order valence-corrected chi connectivity index (χ3v) is 5.49. The molecule has 0 bridgehead atoms. The number of anilines is 1. The fraction of sp³-hybridized carbons (Fsp3) is 0.650. The lowest BCUT2D eigenvalue weighted by atomic mass is 9.98. The number of carbonyl (C=O) groups excluding carboxylic acids is 1. The van der Waals surface area contributed by atoms with Crippen LogP contribution in [-0.4, -0.2) is 18.3 Å². The number of benzene rings is 1. The van der Waals surface area contributed by atoms with Gasteiger partial charge >= 0.3 is 6.03 Å². The summed E-state index contributed by atoms with van der Waals surface area (Å²) in [4.78, 5) is 13.5. The van der Waals surface area contributed by atoms with Crippen molar-refractivity contribution in [2.45, 2.75) is 81.6 Å². The molecular weight excluding hydrogens is 316 g/mol. The molecule has 1 aliphatic carbocycles. The summed E-state index contributed by atoms with van der Waals surface area (Å²) in [6.07, 6.45) is 16.2. The Kier molecular flexibility index (Phi) is 9.11. The van der Waals surface area contributed by atoms with E-state index in [2.05, 4.69) is 16.7 Å². The highest BCUT2D eigenvalue weighted by Gasteiger charge is 2.13. The Bertz CT molecular complexity index is 480. The van der Waals surface area contributed by atoms with Crippen LogP contribution in [0.1, 0.15) is 70.6 Å². The molecule has 0 radical (unpaired) electrons. The number of nitrogens with one attached hydrogen (secondary N) is 2. The summed E-state index contributed by atoms with van der Waals surface area (Å²) >= 11 is 1.69. The zero-order valence-electron chi connectivity index (χ0n) is 15.0. The Morgan fingerprint density at radius 2 is 1.54 bits per heavy atom. The number of urea groups is 1. The van der Waals surface area contributed by atoms with E-state index in [0.717, 1.165) is 18.5 Å². The first-order valence-electron chi connectivity index (χ1n) is 9.49. The molecule has 3 nitrogen and oxygen atoms in total. The van der Waals surface area contributed by atoms with Gasteiger partial charge in [0.15, 0.2) is 0 Å². The fourth-order valence-electron chi connectivity index (χ4n) is 3.36. The van der Waals surface area contributed by atoms with Gasteiger partial charge in [-0.1, -0.05) is 63.9 Å². The van der Waals surface area contributed by atoms with Crippen LogP contribution in [-0.2, 0) is 0 Å². The summed E-state index contributed by atoms with van der Waals surface area (Å²) in [5.41, 5.74) is 0.868. The van der Waals surface area contributed by atoms with E-state index in [1.165, 1.54) is 62.7 Å². The lowest BCUT2D eigenvalue weighted by molar-refractivity contribution is 0.246. The number of rotatable bonds is 3. The van der Waals surface area contributed by atoms with E-state index in [-0.39, 0.29) is 6.03 Å². The molecule has 0 heterocycles. The number of hydrogen-bond acceptors (Lipinski definition) is 2. The lowest BCUT2D eigenvalue weighted by Gasteiger charge is -2.20. The van der Waals surface area contributed by atoms with Gasteiger partial charge in [0.05, 0.1) is 0 Å². The summed E-state index contributed by atoms with van der Waals surface area (Å²) in [7, 11) is 0. The van der Waals surface area contributed by atoms with Crippen LogP contribution >= 0.6 is 11.8 Å². The summed E-state index contributed by atoms with van der Waals surface area (Å²) in [6.45, 7) is 0. The molecular formula is C20H32N2OS. The van der Waals surface area contributed by atoms with Gasteiger partial charge < -0.3 is 10.6 Å². The highest BCUT2D eigenvalue weighted by molar-refractivity contribution is 7.98. The van der Waals surface area contributed by atoms with Gasteiger partial charge in [0.1, 0.15) is 0 Å².